The highest BCUT2D eigenvalue weighted by molar-refractivity contribution is 14.1. The molecule has 7 nitrogen and oxygen atoms in total. The van der Waals surface area contributed by atoms with Crippen molar-refractivity contribution in [3.8, 4) is 5.75 Å². The van der Waals surface area contributed by atoms with E-state index in [9.17, 15) is 4.79 Å². The van der Waals surface area contributed by atoms with Gasteiger partial charge in [0.25, 0.3) is 5.91 Å². The van der Waals surface area contributed by atoms with Crippen molar-refractivity contribution in [1.82, 2.24) is 9.97 Å². The van der Waals surface area contributed by atoms with E-state index in [0.29, 0.717) is 23.0 Å². The molecule has 1 aromatic heterocycles. The molecule has 0 bridgehead atoms. The number of amides is 1. The third-order valence-electron chi connectivity index (χ3n) is 4.73. The highest BCUT2D eigenvalue weighted by Gasteiger charge is 2.10. The average Bonchev–Trinajstić information content (AvgIpc) is 2.81. The lowest BCUT2D eigenvalue weighted by Crippen LogP contribution is -2.13. The van der Waals surface area contributed by atoms with Crippen molar-refractivity contribution in [2.45, 2.75) is 6.92 Å². The molecule has 0 aliphatic carbocycles. The summed E-state index contributed by atoms with van der Waals surface area (Å²) in [6, 6.07) is 24.4. The van der Waals surface area contributed by atoms with Crippen LogP contribution in [0.15, 0.2) is 78.9 Å². The molecule has 0 aliphatic heterocycles. The summed E-state index contributed by atoms with van der Waals surface area (Å²) in [4.78, 5) is 21.5. The second kappa shape index (κ2) is 10.3. The van der Waals surface area contributed by atoms with Crippen LogP contribution >= 0.6 is 22.6 Å². The molecule has 1 amide bonds. The van der Waals surface area contributed by atoms with E-state index in [1.807, 2.05) is 79.7 Å². The standard InChI is InChI=1S/C25H22IN5O2/c1-16-15-23(28-17-11-13-20(33-2)14-12-17)31-25(27-16)30-19-9-7-18(8-10-19)29-24(32)21-5-3-4-6-22(21)26/h3-15H,1-2H3,(H,29,32)(H2,27,28,30,31). The fraction of sp³-hybridized carbons (Fsp3) is 0.0800. The molecule has 0 fully saturated rings. The summed E-state index contributed by atoms with van der Waals surface area (Å²) in [5.41, 5.74) is 3.88. The molecule has 4 aromatic rings. The van der Waals surface area contributed by atoms with Gasteiger partial charge in [0.1, 0.15) is 11.6 Å². The Bertz CT molecular complexity index is 1260. The molecule has 0 radical (unpaired) electrons. The van der Waals surface area contributed by atoms with Crippen LogP contribution in [0.25, 0.3) is 0 Å². The van der Waals surface area contributed by atoms with Crippen LogP contribution < -0.4 is 20.7 Å². The summed E-state index contributed by atoms with van der Waals surface area (Å²) < 4.78 is 6.10. The maximum Gasteiger partial charge on any atom is 0.256 e. The minimum atomic E-state index is -0.142. The van der Waals surface area contributed by atoms with Crippen molar-refractivity contribution >= 4 is 57.3 Å². The van der Waals surface area contributed by atoms with Crippen LogP contribution in [-0.2, 0) is 0 Å². The number of halogens is 1. The molecule has 0 saturated heterocycles. The van der Waals surface area contributed by atoms with Gasteiger partial charge >= 0.3 is 0 Å². The van der Waals surface area contributed by atoms with Gasteiger partial charge in [-0.1, -0.05) is 12.1 Å². The summed E-state index contributed by atoms with van der Waals surface area (Å²) in [5, 5.41) is 9.41. The first-order chi connectivity index (χ1) is 16.0. The number of benzene rings is 3. The first-order valence-electron chi connectivity index (χ1n) is 10.2. The summed E-state index contributed by atoms with van der Waals surface area (Å²) in [6.45, 7) is 1.91. The number of hydrogen-bond donors (Lipinski definition) is 3. The molecule has 3 N–H and O–H groups in total. The van der Waals surface area contributed by atoms with Gasteiger partial charge in [0, 0.05) is 32.4 Å². The predicted molar refractivity (Wildman–Crippen MR) is 140 cm³/mol. The van der Waals surface area contributed by atoms with Crippen LogP contribution in [0.2, 0.25) is 0 Å². The van der Waals surface area contributed by atoms with Crippen LogP contribution in [-0.4, -0.2) is 23.0 Å². The SMILES string of the molecule is COc1ccc(Nc2cc(C)nc(Nc3ccc(NC(=O)c4ccccc4I)cc3)n2)cc1. The summed E-state index contributed by atoms with van der Waals surface area (Å²) in [5.74, 6) is 1.80. The highest BCUT2D eigenvalue weighted by atomic mass is 127. The molecule has 0 saturated carbocycles. The molecule has 1 heterocycles. The van der Waals surface area contributed by atoms with E-state index in [-0.39, 0.29) is 5.91 Å². The third-order valence-corrected chi connectivity index (χ3v) is 5.67. The van der Waals surface area contributed by atoms with E-state index < -0.39 is 0 Å². The number of nitrogens with zero attached hydrogens (tertiary/aromatic N) is 2. The second-order valence-corrected chi connectivity index (χ2v) is 8.37. The quantitative estimate of drug-likeness (QED) is 0.239. The van der Waals surface area contributed by atoms with Gasteiger partial charge in [-0.3, -0.25) is 4.79 Å². The zero-order valence-corrected chi connectivity index (χ0v) is 20.3. The van der Waals surface area contributed by atoms with Crippen molar-refractivity contribution in [2.24, 2.45) is 0 Å². The lowest BCUT2D eigenvalue weighted by molar-refractivity contribution is 0.102. The lowest BCUT2D eigenvalue weighted by atomic mass is 10.2. The van der Waals surface area contributed by atoms with E-state index in [1.54, 1.807) is 13.2 Å². The third kappa shape index (κ3) is 5.98. The van der Waals surface area contributed by atoms with Crippen LogP contribution in [0.5, 0.6) is 5.75 Å². The van der Waals surface area contributed by atoms with Crippen molar-refractivity contribution < 1.29 is 9.53 Å². The fourth-order valence-corrected chi connectivity index (χ4v) is 3.75. The molecule has 0 atom stereocenters. The number of hydrogen-bond acceptors (Lipinski definition) is 6. The number of ether oxygens (including phenoxy) is 1. The van der Waals surface area contributed by atoms with Gasteiger partial charge in [-0.05, 0) is 90.2 Å². The second-order valence-electron chi connectivity index (χ2n) is 7.21. The van der Waals surface area contributed by atoms with Gasteiger partial charge in [0.2, 0.25) is 5.95 Å². The van der Waals surface area contributed by atoms with Gasteiger partial charge in [-0.15, -0.1) is 0 Å². The topological polar surface area (TPSA) is 88.2 Å². The van der Waals surface area contributed by atoms with Crippen LogP contribution in [0.4, 0.5) is 28.8 Å². The first kappa shape index (κ1) is 22.5. The molecule has 0 aliphatic rings. The Labute approximate surface area is 205 Å². The number of aromatic nitrogens is 2. The fourth-order valence-electron chi connectivity index (χ4n) is 3.12. The molecule has 33 heavy (non-hydrogen) atoms. The van der Waals surface area contributed by atoms with E-state index in [0.717, 1.165) is 26.4 Å². The van der Waals surface area contributed by atoms with Crippen molar-refractivity contribution in [2.75, 3.05) is 23.1 Å². The zero-order valence-electron chi connectivity index (χ0n) is 18.1. The number of carbonyl (C=O) groups excluding carboxylic acids is 1. The Morgan fingerprint density at radius 1 is 0.848 bits per heavy atom. The number of nitrogens with one attached hydrogen (secondary N) is 3. The molecule has 3 aromatic carbocycles. The number of carbonyl (C=O) groups is 1. The molecular formula is C25H22IN5O2. The maximum absolute atomic E-state index is 12.5. The normalized spacial score (nSPS) is 10.4. The number of aryl methyl sites for hydroxylation is 1. The van der Waals surface area contributed by atoms with Gasteiger partial charge in [-0.25, -0.2) is 4.98 Å². The monoisotopic (exact) mass is 551 g/mol. The van der Waals surface area contributed by atoms with E-state index >= 15 is 0 Å². The molecule has 8 heteroatoms. The van der Waals surface area contributed by atoms with E-state index in [4.69, 9.17) is 4.74 Å². The number of anilines is 5. The number of methoxy groups -OCH3 is 1. The molecule has 0 spiro atoms. The van der Waals surface area contributed by atoms with E-state index in [2.05, 4.69) is 48.5 Å². The smallest absolute Gasteiger partial charge is 0.256 e. The lowest BCUT2D eigenvalue weighted by Gasteiger charge is -2.11. The highest BCUT2D eigenvalue weighted by Crippen LogP contribution is 2.22. The van der Waals surface area contributed by atoms with Crippen molar-refractivity contribution in [3.63, 3.8) is 0 Å². The van der Waals surface area contributed by atoms with Gasteiger partial charge in [0.15, 0.2) is 0 Å². The largest absolute Gasteiger partial charge is 0.497 e. The maximum atomic E-state index is 12.5. The van der Waals surface area contributed by atoms with Crippen molar-refractivity contribution in [3.05, 3.63) is 93.7 Å². The van der Waals surface area contributed by atoms with Gasteiger partial charge in [0.05, 0.1) is 12.7 Å². The number of rotatable bonds is 7. The Hall–Kier alpha value is -3.66. The minimum absolute atomic E-state index is 0.142. The Morgan fingerprint density at radius 2 is 1.48 bits per heavy atom. The molecule has 0 unspecified atom stereocenters. The summed E-state index contributed by atoms with van der Waals surface area (Å²) >= 11 is 2.16. The van der Waals surface area contributed by atoms with Crippen molar-refractivity contribution in [1.29, 1.82) is 0 Å². The van der Waals surface area contributed by atoms with Crippen LogP contribution in [0.3, 0.4) is 0 Å². The van der Waals surface area contributed by atoms with Gasteiger partial charge < -0.3 is 20.7 Å². The molecule has 4 rings (SSSR count). The van der Waals surface area contributed by atoms with Gasteiger partial charge in [-0.2, -0.15) is 4.98 Å². The average molecular weight is 551 g/mol. The first-order valence-corrected chi connectivity index (χ1v) is 11.3. The van der Waals surface area contributed by atoms with Crippen LogP contribution in [0, 0.1) is 10.5 Å². The summed E-state index contributed by atoms with van der Waals surface area (Å²) in [6.07, 6.45) is 0. The summed E-state index contributed by atoms with van der Waals surface area (Å²) in [7, 11) is 1.64. The zero-order chi connectivity index (χ0) is 23.2. The molecular weight excluding hydrogens is 529 g/mol. The van der Waals surface area contributed by atoms with E-state index in [1.165, 1.54) is 0 Å². The van der Waals surface area contributed by atoms with Crippen LogP contribution in [0.1, 0.15) is 16.1 Å². The Kier molecular flexibility index (Phi) is 7.04. The Morgan fingerprint density at radius 3 is 2.18 bits per heavy atom. The minimum Gasteiger partial charge on any atom is -0.497 e. The predicted octanol–water partition coefficient (Wildman–Crippen LogP) is 6.14. The Balaban J connectivity index is 1.43. The molecule has 166 valence electrons.